The molecule has 2 heterocycles. The highest BCUT2D eigenvalue weighted by molar-refractivity contribution is 4.86. The van der Waals surface area contributed by atoms with Gasteiger partial charge in [-0.3, -0.25) is 5.32 Å². The Labute approximate surface area is 79.8 Å². The molecule has 3 nitrogen and oxygen atoms in total. The number of nitrogens with one attached hydrogen (secondary N) is 1. The molecular weight excluding hydrogens is 166 g/mol. The lowest BCUT2D eigenvalue weighted by Gasteiger charge is -2.18. The Bertz CT molecular complexity index is 176. The van der Waals surface area contributed by atoms with Crippen molar-refractivity contribution in [3.8, 4) is 0 Å². The molecule has 0 spiro atoms. The van der Waals surface area contributed by atoms with Crippen LogP contribution in [0.3, 0.4) is 0 Å². The summed E-state index contributed by atoms with van der Waals surface area (Å²) < 4.78 is 11.2. The Morgan fingerprint density at radius 1 is 1.38 bits per heavy atom. The summed E-state index contributed by atoms with van der Waals surface area (Å²) in [5.74, 6) is 0. The van der Waals surface area contributed by atoms with Gasteiger partial charge < -0.3 is 9.47 Å². The molecule has 0 saturated carbocycles. The van der Waals surface area contributed by atoms with E-state index in [4.69, 9.17) is 9.47 Å². The molecule has 2 saturated heterocycles. The lowest BCUT2D eigenvalue weighted by atomic mass is 10.1. The van der Waals surface area contributed by atoms with Gasteiger partial charge in [-0.2, -0.15) is 0 Å². The van der Waals surface area contributed by atoms with Crippen LogP contribution in [0.15, 0.2) is 0 Å². The zero-order chi connectivity index (χ0) is 9.31. The van der Waals surface area contributed by atoms with Crippen LogP contribution >= 0.6 is 0 Å². The molecule has 0 aromatic carbocycles. The van der Waals surface area contributed by atoms with Crippen molar-refractivity contribution in [3.63, 3.8) is 0 Å². The van der Waals surface area contributed by atoms with Crippen molar-refractivity contribution in [2.75, 3.05) is 13.2 Å². The number of rotatable bonds is 2. The number of hydrogen-bond donors (Lipinski definition) is 1. The van der Waals surface area contributed by atoms with E-state index in [9.17, 15) is 0 Å². The first kappa shape index (κ1) is 9.44. The van der Waals surface area contributed by atoms with E-state index in [1.807, 2.05) is 0 Å². The molecule has 2 aliphatic rings. The molecule has 1 N–H and O–H groups in total. The fourth-order valence-electron chi connectivity index (χ4n) is 2.02. The molecule has 0 aliphatic carbocycles. The summed E-state index contributed by atoms with van der Waals surface area (Å²) in [7, 11) is 0. The van der Waals surface area contributed by atoms with E-state index in [0.717, 1.165) is 19.6 Å². The van der Waals surface area contributed by atoms with Crippen LogP contribution in [0.4, 0.5) is 0 Å². The normalized spacial score (nSPS) is 38.3. The van der Waals surface area contributed by atoms with Gasteiger partial charge in [0.25, 0.3) is 0 Å². The van der Waals surface area contributed by atoms with Crippen LogP contribution in [-0.2, 0) is 9.47 Å². The van der Waals surface area contributed by atoms with E-state index in [0.29, 0.717) is 6.10 Å². The van der Waals surface area contributed by atoms with Gasteiger partial charge in [0.1, 0.15) is 6.23 Å². The summed E-state index contributed by atoms with van der Waals surface area (Å²) in [6, 6.07) is 0. The Morgan fingerprint density at radius 3 is 2.77 bits per heavy atom. The lowest BCUT2D eigenvalue weighted by molar-refractivity contribution is 0.0295. The van der Waals surface area contributed by atoms with Gasteiger partial charge >= 0.3 is 0 Å². The van der Waals surface area contributed by atoms with Crippen molar-refractivity contribution in [1.29, 1.82) is 0 Å². The topological polar surface area (TPSA) is 30.5 Å². The SMILES string of the molecule is CC1(C)COC(CC2CCCO2)N1. The van der Waals surface area contributed by atoms with Gasteiger partial charge in [-0.1, -0.05) is 0 Å². The third kappa shape index (κ3) is 2.42. The quantitative estimate of drug-likeness (QED) is 0.703. The van der Waals surface area contributed by atoms with E-state index < -0.39 is 0 Å². The fourth-order valence-corrected chi connectivity index (χ4v) is 2.02. The van der Waals surface area contributed by atoms with E-state index in [1.165, 1.54) is 12.8 Å². The van der Waals surface area contributed by atoms with Gasteiger partial charge in [0, 0.05) is 18.6 Å². The number of hydrogen-bond acceptors (Lipinski definition) is 3. The Morgan fingerprint density at radius 2 is 2.23 bits per heavy atom. The minimum absolute atomic E-state index is 0.142. The van der Waals surface area contributed by atoms with Crippen molar-refractivity contribution in [1.82, 2.24) is 5.32 Å². The first-order valence-electron chi connectivity index (χ1n) is 5.17. The van der Waals surface area contributed by atoms with Gasteiger partial charge in [0.2, 0.25) is 0 Å². The van der Waals surface area contributed by atoms with Crippen molar-refractivity contribution >= 4 is 0 Å². The molecule has 2 unspecified atom stereocenters. The van der Waals surface area contributed by atoms with Crippen molar-refractivity contribution in [3.05, 3.63) is 0 Å². The highest BCUT2D eigenvalue weighted by atomic mass is 16.5. The smallest absolute Gasteiger partial charge is 0.111 e. The summed E-state index contributed by atoms with van der Waals surface area (Å²) in [4.78, 5) is 0. The summed E-state index contributed by atoms with van der Waals surface area (Å²) in [6.45, 7) is 6.08. The second-order valence-corrected chi connectivity index (χ2v) is 4.70. The molecule has 13 heavy (non-hydrogen) atoms. The van der Waals surface area contributed by atoms with Crippen LogP contribution in [0, 0.1) is 0 Å². The van der Waals surface area contributed by atoms with Gasteiger partial charge in [-0.25, -0.2) is 0 Å². The average molecular weight is 185 g/mol. The molecule has 0 radical (unpaired) electrons. The van der Waals surface area contributed by atoms with Crippen LogP contribution in [0.25, 0.3) is 0 Å². The highest BCUT2D eigenvalue weighted by Crippen LogP contribution is 2.22. The minimum atomic E-state index is 0.142. The third-order valence-corrected chi connectivity index (χ3v) is 2.70. The van der Waals surface area contributed by atoms with Crippen LogP contribution in [0.1, 0.15) is 33.1 Å². The van der Waals surface area contributed by atoms with Crippen LogP contribution in [0.5, 0.6) is 0 Å². The van der Waals surface area contributed by atoms with E-state index in [2.05, 4.69) is 19.2 Å². The summed E-state index contributed by atoms with van der Waals surface area (Å²) in [6.07, 6.45) is 4.04. The van der Waals surface area contributed by atoms with E-state index in [-0.39, 0.29) is 11.8 Å². The largest absolute Gasteiger partial charge is 0.378 e. The fraction of sp³-hybridized carbons (Fsp3) is 1.00. The number of ether oxygens (including phenoxy) is 2. The van der Waals surface area contributed by atoms with Crippen LogP contribution < -0.4 is 5.32 Å². The molecule has 2 aliphatic heterocycles. The van der Waals surface area contributed by atoms with Crippen LogP contribution in [0.2, 0.25) is 0 Å². The average Bonchev–Trinajstić information content (AvgIpc) is 2.61. The summed E-state index contributed by atoms with van der Waals surface area (Å²) >= 11 is 0. The second-order valence-electron chi connectivity index (χ2n) is 4.70. The first-order chi connectivity index (χ1) is 6.16. The van der Waals surface area contributed by atoms with E-state index in [1.54, 1.807) is 0 Å². The molecule has 2 rings (SSSR count). The Hall–Kier alpha value is -0.120. The van der Waals surface area contributed by atoms with Gasteiger partial charge in [0.15, 0.2) is 0 Å². The summed E-state index contributed by atoms with van der Waals surface area (Å²) in [5.41, 5.74) is 0.142. The maximum atomic E-state index is 5.64. The Balaban J connectivity index is 1.77. The Kier molecular flexibility index (Phi) is 2.58. The maximum absolute atomic E-state index is 5.64. The maximum Gasteiger partial charge on any atom is 0.111 e. The predicted octanol–water partition coefficient (Wildman–Crippen LogP) is 1.28. The molecule has 0 aromatic rings. The highest BCUT2D eigenvalue weighted by Gasteiger charge is 2.32. The molecule has 0 bridgehead atoms. The molecule has 0 aromatic heterocycles. The molecule has 2 fully saturated rings. The first-order valence-corrected chi connectivity index (χ1v) is 5.17. The van der Waals surface area contributed by atoms with Crippen molar-refractivity contribution in [2.24, 2.45) is 0 Å². The second kappa shape index (κ2) is 3.56. The van der Waals surface area contributed by atoms with Crippen molar-refractivity contribution < 1.29 is 9.47 Å². The van der Waals surface area contributed by atoms with Gasteiger partial charge in [0.05, 0.1) is 12.7 Å². The third-order valence-electron chi connectivity index (χ3n) is 2.70. The molecular formula is C10H19NO2. The molecule has 0 amide bonds. The zero-order valence-corrected chi connectivity index (χ0v) is 8.51. The lowest BCUT2D eigenvalue weighted by Crippen LogP contribution is -2.40. The predicted molar refractivity (Wildman–Crippen MR) is 50.5 cm³/mol. The molecule has 3 heteroatoms. The zero-order valence-electron chi connectivity index (χ0n) is 8.51. The monoisotopic (exact) mass is 185 g/mol. The molecule has 2 atom stereocenters. The van der Waals surface area contributed by atoms with E-state index >= 15 is 0 Å². The standard InChI is InChI=1S/C10H19NO2/c1-10(2)7-13-9(11-10)6-8-4-3-5-12-8/h8-9,11H,3-7H2,1-2H3. The van der Waals surface area contributed by atoms with Crippen molar-refractivity contribution in [2.45, 2.75) is 51.0 Å². The van der Waals surface area contributed by atoms with Gasteiger partial charge in [-0.15, -0.1) is 0 Å². The molecule has 76 valence electrons. The minimum Gasteiger partial charge on any atom is -0.378 e. The summed E-state index contributed by atoms with van der Waals surface area (Å²) in [5, 5.41) is 3.45. The van der Waals surface area contributed by atoms with Crippen LogP contribution in [-0.4, -0.2) is 31.1 Å². The van der Waals surface area contributed by atoms with Gasteiger partial charge in [-0.05, 0) is 26.7 Å².